The molecule has 0 saturated carbocycles. The molecule has 0 aromatic carbocycles. The molecular weight excluding hydrogens is 717 g/mol. The van der Waals surface area contributed by atoms with Crippen molar-refractivity contribution < 1.29 is 23.8 Å². The summed E-state index contributed by atoms with van der Waals surface area (Å²) in [6.45, 7) is 7.64. The van der Waals surface area contributed by atoms with Crippen LogP contribution in [0.5, 0.6) is 0 Å². The first-order chi connectivity index (χ1) is 28.6. The molecule has 0 bridgehead atoms. The zero-order valence-corrected chi connectivity index (χ0v) is 38.3. The topological polar surface area (TPSA) is 61.8 Å². The molecule has 334 valence electrons. The molecule has 5 nitrogen and oxygen atoms in total. The minimum atomic E-state index is -0.552. The van der Waals surface area contributed by atoms with Crippen molar-refractivity contribution in [3.63, 3.8) is 0 Å². The molecule has 0 fully saturated rings. The summed E-state index contributed by atoms with van der Waals surface area (Å²) in [7, 11) is 0. The summed E-state index contributed by atoms with van der Waals surface area (Å²) >= 11 is 0. The summed E-state index contributed by atoms with van der Waals surface area (Å²) in [4.78, 5) is 25.3. The molecule has 0 N–H and O–H groups in total. The maximum atomic E-state index is 12.7. The second-order valence-corrected chi connectivity index (χ2v) is 16.0. The van der Waals surface area contributed by atoms with Crippen LogP contribution in [0.4, 0.5) is 0 Å². The highest BCUT2D eigenvalue weighted by Gasteiger charge is 2.17. The van der Waals surface area contributed by atoms with Crippen molar-refractivity contribution in [1.82, 2.24) is 0 Å². The molecule has 0 aromatic heterocycles. The summed E-state index contributed by atoms with van der Waals surface area (Å²) in [6.07, 6.45) is 61.9. The summed E-state index contributed by atoms with van der Waals surface area (Å²) in [5.74, 6) is -0.444. The molecule has 0 spiro atoms. The highest BCUT2D eigenvalue weighted by Crippen LogP contribution is 2.13. The number of hydrogen-bond acceptors (Lipinski definition) is 5. The van der Waals surface area contributed by atoms with E-state index in [9.17, 15) is 9.59 Å². The van der Waals surface area contributed by atoms with Crippen LogP contribution in [0.15, 0.2) is 72.9 Å². The predicted octanol–water partition coefficient (Wildman–Crippen LogP) is 16.3. The molecule has 1 atom stereocenters. The van der Waals surface area contributed by atoms with Crippen molar-refractivity contribution in [2.75, 3.05) is 19.8 Å². The standard InChI is InChI=1S/C53H92O5/c1-4-7-10-13-16-19-22-24-25-26-27-28-29-30-32-34-37-40-43-46-52(54)57-50-51(49-56-48-45-42-39-36-33-23-20-17-14-11-8-5-2)58-53(55)47-44-41-38-35-31-21-18-15-12-9-6-3/h7,10,15-16,18-19,24-25,27-28,30,32,51H,4-6,8-9,11-14,17,20-23,26,29,31,33-50H2,1-3H3/b10-7-,18-15-,19-16-,25-24-,28-27-,32-30-. The lowest BCUT2D eigenvalue weighted by Crippen LogP contribution is -2.30. The van der Waals surface area contributed by atoms with Crippen LogP contribution in [0.1, 0.15) is 226 Å². The van der Waals surface area contributed by atoms with Gasteiger partial charge >= 0.3 is 11.9 Å². The average Bonchev–Trinajstić information content (AvgIpc) is 3.22. The van der Waals surface area contributed by atoms with Crippen LogP contribution in [-0.4, -0.2) is 37.9 Å². The van der Waals surface area contributed by atoms with Crippen LogP contribution >= 0.6 is 0 Å². The minimum absolute atomic E-state index is 0.0643. The second kappa shape index (κ2) is 48.7. The number of hydrogen-bond donors (Lipinski definition) is 0. The Morgan fingerprint density at radius 2 is 0.793 bits per heavy atom. The second-order valence-electron chi connectivity index (χ2n) is 16.0. The number of esters is 2. The Morgan fingerprint density at radius 1 is 0.397 bits per heavy atom. The van der Waals surface area contributed by atoms with Gasteiger partial charge in [-0.05, 0) is 83.5 Å². The van der Waals surface area contributed by atoms with Gasteiger partial charge in [0.05, 0.1) is 6.61 Å². The van der Waals surface area contributed by atoms with E-state index in [2.05, 4.69) is 93.7 Å². The first-order valence-electron chi connectivity index (χ1n) is 24.5. The van der Waals surface area contributed by atoms with Crippen molar-refractivity contribution in [3.05, 3.63) is 72.9 Å². The van der Waals surface area contributed by atoms with Crippen molar-refractivity contribution in [1.29, 1.82) is 0 Å². The van der Waals surface area contributed by atoms with Crippen molar-refractivity contribution in [3.8, 4) is 0 Å². The molecule has 5 heteroatoms. The third kappa shape index (κ3) is 46.0. The van der Waals surface area contributed by atoms with Gasteiger partial charge in [0.15, 0.2) is 6.10 Å². The van der Waals surface area contributed by atoms with Gasteiger partial charge in [-0.3, -0.25) is 9.59 Å². The quantitative estimate of drug-likeness (QED) is 0.0348. The van der Waals surface area contributed by atoms with Crippen molar-refractivity contribution in [2.24, 2.45) is 0 Å². The molecule has 58 heavy (non-hydrogen) atoms. The van der Waals surface area contributed by atoms with Crippen LogP contribution in [0, 0.1) is 0 Å². The van der Waals surface area contributed by atoms with Gasteiger partial charge in [-0.2, -0.15) is 0 Å². The lowest BCUT2D eigenvalue weighted by atomic mass is 10.1. The fourth-order valence-corrected chi connectivity index (χ4v) is 6.58. The van der Waals surface area contributed by atoms with E-state index >= 15 is 0 Å². The maximum absolute atomic E-state index is 12.7. The van der Waals surface area contributed by atoms with Gasteiger partial charge in [-0.25, -0.2) is 0 Å². The molecule has 0 radical (unpaired) electrons. The third-order valence-electron chi connectivity index (χ3n) is 10.2. The van der Waals surface area contributed by atoms with E-state index in [-0.39, 0.29) is 25.2 Å². The predicted molar refractivity (Wildman–Crippen MR) is 251 cm³/mol. The highest BCUT2D eigenvalue weighted by molar-refractivity contribution is 5.70. The molecule has 0 saturated heterocycles. The number of allylic oxidation sites excluding steroid dienone is 12. The summed E-state index contributed by atoms with van der Waals surface area (Å²) in [6, 6.07) is 0. The fourth-order valence-electron chi connectivity index (χ4n) is 6.58. The molecule has 1 unspecified atom stereocenters. The zero-order chi connectivity index (χ0) is 42.1. The fraction of sp³-hybridized carbons (Fsp3) is 0.736. The first kappa shape index (κ1) is 55.3. The highest BCUT2D eigenvalue weighted by atomic mass is 16.6. The van der Waals surface area contributed by atoms with E-state index in [0.717, 1.165) is 96.3 Å². The number of unbranched alkanes of at least 4 members (excludes halogenated alkanes) is 21. The number of carbonyl (C=O) groups is 2. The van der Waals surface area contributed by atoms with Gasteiger partial charge in [-0.1, -0.05) is 203 Å². The largest absolute Gasteiger partial charge is 0.462 e. The molecule has 0 heterocycles. The molecule has 0 rings (SSSR count). The minimum Gasteiger partial charge on any atom is -0.462 e. The molecule has 0 amide bonds. The third-order valence-corrected chi connectivity index (χ3v) is 10.2. The molecule has 0 aromatic rings. The van der Waals surface area contributed by atoms with E-state index in [1.54, 1.807) is 0 Å². The van der Waals surface area contributed by atoms with E-state index < -0.39 is 6.10 Å². The normalized spacial score (nSPS) is 12.8. The smallest absolute Gasteiger partial charge is 0.306 e. The Kier molecular flexibility index (Phi) is 46.5. The number of carbonyl (C=O) groups excluding carboxylic acids is 2. The van der Waals surface area contributed by atoms with Gasteiger partial charge in [0, 0.05) is 19.4 Å². The van der Waals surface area contributed by atoms with Gasteiger partial charge in [0.1, 0.15) is 6.61 Å². The summed E-state index contributed by atoms with van der Waals surface area (Å²) in [5, 5.41) is 0. The number of rotatable bonds is 44. The van der Waals surface area contributed by atoms with Gasteiger partial charge in [-0.15, -0.1) is 0 Å². The zero-order valence-electron chi connectivity index (χ0n) is 38.3. The van der Waals surface area contributed by atoms with E-state index in [1.165, 1.54) is 96.3 Å². The molecular formula is C53H92O5. The Balaban J connectivity index is 4.29. The van der Waals surface area contributed by atoms with E-state index in [4.69, 9.17) is 14.2 Å². The van der Waals surface area contributed by atoms with Crippen molar-refractivity contribution in [2.45, 2.75) is 232 Å². The average molecular weight is 809 g/mol. The molecule has 0 aliphatic rings. The van der Waals surface area contributed by atoms with Gasteiger partial charge in [0.2, 0.25) is 0 Å². The summed E-state index contributed by atoms with van der Waals surface area (Å²) in [5.41, 5.74) is 0. The van der Waals surface area contributed by atoms with Crippen LogP contribution in [0.3, 0.4) is 0 Å². The monoisotopic (exact) mass is 809 g/mol. The van der Waals surface area contributed by atoms with Crippen molar-refractivity contribution >= 4 is 11.9 Å². The Hall–Kier alpha value is -2.66. The van der Waals surface area contributed by atoms with Crippen LogP contribution in [0.2, 0.25) is 0 Å². The van der Waals surface area contributed by atoms with Gasteiger partial charge < -0.3 is 14.2 Å². The Bertz CT molecular complexity index is 1050. The Labute approximate surface area is 359 Å². The lowest BCUT2D eigenvalue weighted by Gasteiger charge is -2.18. The van der Waals surface area contributed by atoms with Crippen LogP contribution < -0.4 is 0 Å². The van der Waals surface area contributed by atoms with Gasteiger partial charge in [0.25, 0.3) is 0 Å². The van der Waals surface area contributed by atoms with Crippen LogP contribution in [-0.2, 0) is 23.8 Å². The Morgan fingerprint density at radius 3 is 1.33 bits per heavy atom. The summed E-state index contributed by atoms with van der Waals surface area (Å²) < 4.78 is 17.3. The van der Waals surface area contributed by atoms with Crippen LogP contribution in [0.25, 0.3) is 0 Å². The molecule has 0 aliphatic heterocycles. The maximum Gasteiger partial charge on any atom is 0.306 e. The van der Waals surface area contributed by atoms with E-state index in [1.807, 2.05) is 0 Å². The van der Waals surface area contributed by atoms with E-state index in [0.29, 0.717) is 19.4 Å². The number of ether oxygens (including phenoxy) is 3. The SMILES string of the molecule is CC/C=C\C/C=C\C/C=C\C/C=C\C/C=C\CCCCCC(=O)OCC(COCCCCCCCCCCCCCC)OC(=O)CCCCCCC/C=C\CCCC. The lowest BCUT2D eigenvalue weighted by molar-refractivity contribution is -0.163. The molecule has 0 aliphatic carbocycles. The first-order valence-corrected chi connectivity index (χ1v) is 24.5.